The highest BCUT2D eigenvalue weighted by Crippen LogP contribution is 2.72. The standard InChI is InChI=1S/C22H32O4/c1-12(19(24)25)15-6-7-16-17-5-4-13-10-14-8-9-21(13,3)22(17,26-14)18(23)11-20(15,16)2/h12-17H,4-11H2,1-3H3,(H,24,25)/t12-,13-,14+,15-,16+,17-,20+,21-,22-/m0/s1. The van der Waals surface area contributed by atoms with Crippen molar-refractivity contribution in [1.82, 2.24) is 0 Å². The number of carboxylic acids is 1. The van der Waals surface area contributed by atoms with Crippen molar-refractivity contribution in [3.05, 3.63) is 0 Å². The Morgan fingerprint density at radius 2 is 1.88 bits per heavy atom. The Bertz CT molecular complexity index is 673. The van der Waals surface area contributed by atoms with Crippen molar-refractivity contribution in [3.63, 3.8) is 0 Å². The van der Waals surface area contributed by atoms with Gasteiger partial charge < -0.3 is 9.84 Å². The maximum atomic E-state index is 13.8. The summed E-state index contributed by atoms with van der Waals surface area (Å²) in [4.78, 5) is 25.5. The highest BCUT2D eigenvalue weighted by Gasteiger charge is 2.74. The van der Waals surface area contributed by atoms with Gasteiger partial charge in [0.15, 0.2) is 5.78 Å². The minimum absolute atomic E-state index is 0.000416. The lowest BCUT2D eigenvalue weighted by Gasteiger charge is -2.70. The summed E-state index contributed by atoms with van der Waals surface area (Å²) < 4.78 is 6.69. The van der Waals surface area contributed by atoms with Gasteiger partial charge in [-0.15, -0.1) is 0 Å². The van der Waals surface area contributed by atoms with E-state index < -0.39 is 11.6 Å². The molecule has 4 heteroatoms. The molecular formula is C22H32O4. The number of Topliss-reactive ketones (excluding diaryl/α,β-unsaturated/α-hetero) is 1. The molecule has 6 fully saturated rings. The first kappa shape index (κ1) is 17.2. The Morgan fingerprint density at radius 3 is 2.62 bits per heavy atom. The third-order valence-electron chi connectivity index (χ3n) is 9.90. The quantitative estimate of drug-likeness (QED) is 0.806. The van der Waals surface area contributed by atoms with Gasteiger partial charge in [0, 0.05) is 11.8 Å². The van der Waals surface area contributed by atoms with Crippen molar-refractivity contribution in [1.29, 1.82) is 0 Å². The predicted octanol–water partition coefficient (Wildman–Crippen LogP) is 4.07. The fourth-order valence-electron chi connectivity index (χ4n) is 8.65. The number of aliphatic carboxylic acids is 1. The highest BCUT2D eigenvalue weighted by molar-refractivity contribution is 5.91. The predicted molar refractivity (Wildman–Crippen MR) is 96.5 cm³/mol. The molecule has 0 radical (unpaired) electrons. The maximum absolute atomic E-state index is 13.8. The molecule has 1 spiro atoms. The van der Waals surface area contributed by atoms with Crippen LogP contribution in [-0.4, -0.2) is 28.6 Å². The number of carbonyl (C=O) groups is 2. The molecule has 6 rings (SSSR count). The molecule has 0 aromatic carbocycles. The summed E-state index contributed by atoms with van der Waals surface area (Å²) in [5.74, 6) is 0.693. The van der Waals surface area contributed by atoms with Crippen LogP contribution in [0.25, 0.3) is 0 Å². The maximum Gasteiger partial charge on any atom is 0.306 e. The van der Waals surface area contributed by atoms with Crippen LogP contribution in [0.4, 0.5) is 0 Å². The summed E-state index contributed by atoms with van der Waals surface area (Å²) >= 11 is 0. The molecule has 4 saturated carbocycles. The summed E-state index contributed by atoms with van der Waals surface area (Å²) in [6.45, 7) is 6.40. The molecule has 2 heterocycles. The van der Waals surface area contributed by atoms with E-state index in [0.717, 1.165) is 38.5 Å². The number of ketones is 1. The molecule has 0 aromatic rings. The molecule has 9 atom stereocenters. The Morgan fingerprint density at radius 1 is 1.15 bits per heavy atom. The lowest BCUT2D eigenvalue weighted by molar-refractivity contribution is -0.307. The zero-order valence-corrected chi connectivity index (χ0v) is 16.3. The van der Waals surface area contributed by atoms with Crippen molar-refractivity contribution >= 4 is 11.8 Å². The second kappa shape index (κ2) is 5.12. The first-order valence-electron chi connectivity index (χ1n) is 10.7. The zero-order valence-electron chi connectivity index (χ0n) is 16.3. The second-order valence-electron chi connectivity index (χ2n) is 10.6. The first-order valence-corrected chi connectivity index (χ1v) is 10.7. The summed E-state index contributed by atoms with van der Waals surface area (Å²) in [7, 11) is 0. The molecule has 0 amide bonds. The third kappa shape index (κ3) is 1.76. The molecule has 4 nitrogen and oxygen atoms in total. The first-order chi connectivity index (χ1) is 12.2. The van der Waals surface area contributed by atoms with Gasteiger partial charge in [-0.2, -0.15) is 0 Å². The lowest BCUT2D eigenvalue weighted by atomic mass is 9.40. The number of ether oxygens (including phenoxy) is 1. The largest absolute Gasteiger partial charge is 0.481 e. The number of fused-ring (bicyclic) bond motifs is 3. The third-order valence-corrected chi connectivity index (χ3v) is 9.90. The molecule has 26 heavy (non-hydrogen) atoms. The van der Waals surface area contributed by atoms with E-state index in [0.29, 0.717) is 30.0 Å². The average molecular weight is 360 g/mol. The van der Waals surface area contributed by atoms with Gasteiger partial charge in [-0.1, -0.05) is 20.8 Å². The molecule has 2 saturated heterocycles. The number of rotatable bonds is 2. The van der Waals surface area contributed by atoms with E-state index in [1.165, 1.54) is 6.42 Å². The Labute approximate surface area is 156 Å². The van der Waals surface area contributed by atoms with E-state index in [1.807, 2.05) is 6.92 Å². The van der Waals surface area contributed by atoms with Crippen LogP contribution >= 0.6 is 0 Å². The van der Waals surface area contributed by atoms with E-state index in [9.17, 15) is 14.7 Å². The molecule has 4 bridgehead atoms. The molecule has 0 aromatic heterocycles. The molecule has 0 unspecified atom stereocenters. The van der Waals surface area contributed by atoms with Crippen molar-refractivity contribution in [3.8, 4) is 0 Å². The summed E-state index contributed by atoms with van der Waals surface area (Å²) in [5.41, 5.74) is -0.740. The van der Waals surface area contributed by atoms with Crippen LogP contribution in [0, 0.1) is 40.4 Å². The van der Waals surface area contributed by atoms with E-state index in [-0.39, 0.29) is 28.8 Å². The van der Waals surface area contributed by atoms with Gasteiger partial charge in [-0.05, 0) is 74.0 Å². The molecular weight excluding hydrogens is 328 g/mol. The Hall–Kier alpha value is -0.900. The molecule has 1 N–H and O–H groups in total. The smallest absolute Gasteiger partial charge is 0.306 e. The van der Waals surface area contributed by atoms with Gasteiger partial charge in [0.25, 0.3) is 0 Å². The van der Waals surface area contributed by atoms with E-state index in [2.05, 4.69) is 13.8 Å². The van der Waals surface area contributed by atoms with E-state index >= 15 is 0 Å². The molecule has 2 aliphatic heterocycles. The fraction of sp³-hybridized carbons (Fsp3) is 0.909. The van der Waals surface area contributed by atoms with Gasteiger partial charge in [0.2, 0.25) is 0 Å². The van der Waals surface area contributed by atoms with Gasteiger partial charge in [-0.25, -0.2) is 0 Å². The summed E-state index contributed by atoms with van der Waals surface area (Å²) in [5, 5.41) is 9.60. The van der Waals surface area contributed by atoms with Crippen LogP contribution in [-0.2, 0) is 14.3 Å². The molecule has 4 aliphatic carbocycles. The van der Waals surface area contributed by atoms with Crippen LogP contribution in [0.1, 0.15) is 72.1 Å². The Balaban J connectivity index is 1.58. The minimum Gasteiger partial charge on any atom is -0.481 e. The number of carbonyl (C=O) groups excluding carboxylic acids is 1. The van der Waals surface area contributed by atoms with Crippen LogP contribution in [0.3, 0.4) is 0 Å². The van der Waals surface area contributed by atoms with Crippen LogP contribution in [0.2, 0.25) is 0 Å². The van der Waals surface area contributed by atoms with Gasteiger partial charge in [0.1, 0.15) is 5.60 Å². The number of hydrogen-bond acceptors (Lipinski definition) is 3. The van der Waals surface area contributed by atoms with Crippen LogP contribution < -0.4 is 0 Å². The molecule has 6 aliphatic rings. The van der Waals surface area contributed by atoms with Gasteiger partial charge in [0.05, 0.1) is 12.0 Å². The lowest BCUT2D eigenvalue weighted by Crippen LogP contribution is -2.75. The van der Waals surface area contributed by atoms with Crippen molar-refractivity contribution in [2.24, 2.45) is 40.4 Å². The molecule has 144 valence electrons. The van der Waals surface area contributed by atoms with E-state index in [4.69, 9.17) is 4.74 Å². The van der Waals surface area contributed by atoms with Gasteiger partial charge >= 0.3 is 5.97 Å². The van der Waals surface area contributed by atoms with Crippen LogP contribution in [0.5, 0.6) is 0 Å². The van der Waals surface area contributed by atoms with Gasteiger partial charge in [-0.3, -0.25) is 9.59 Å². The summed E-state index contributed by atoms with van der Waals surface area (Å²) in [6, 6.07) is 0. The number of hydrogen-bond donors (Lipinski definition) is 1. The van der Waals surface area contributed by atoms with Crippen molar-refractivity contribution < 1.29 is 19.4 Å². The number of carboxylic acid groups (broad SMARTS) is 1. The highest BCUT2D eigenvalue weighted by atomic mass is 16.5. The monoisotopic (exact) mass is 360 g/mol. The average Bonchev–Trinajstić information content (AvgIpc) is 2.90. The fourth-order valence-corrected chi connectivity index (χ4v) is 8.65. The van der Waals surface area contributed by atoms with Crippen molar-refractivity contribution in [2.45, 2.75) is 83.8 Å². The SMILES string of the molecule is C[C@H](C(=O)O)[C@@H]1CC[C@@H]2[C@@H]3CC[C@H]4C[C@H]5CC[C@]4(C)[C@@]3(O5)C(=O)C[C@@]21C. The zero-order chi connectivity index (χ0) is 18.5. The van der Waals surface area contributed by atoms with Crippen molar-refractivity contribution in [2.75, 3.05) is 0 Å². The second-order valence-corrected chi connectivity index (χ2v) is 10.6. The normalized spacial score (nSPS) is 56.0. The Kier molecular flexibility index (Phi) is 3.39. The van der Waals surface area contributed by atoms with E-state index in [1.54, 1.807) is 0 Å². The summed E-state index contributed by atoms with van der Waals surface area (Å²) in [6.07, 6.45) is 8.48. The topological polar surface area (TPSA) is 63.6 Å². The van der Waals surface area contributed by atoms with Crippen LogP contribution in [0.15, 0.2) is 0 Å². The minimum atomic E-state index is -0.715.